The van der Waals surface area contributed by atoms with Crippen molar-refractivity contribution in [2.75, 3.05) is 0 Å². The summed E-state index contributed by atoms with van der Waals surface area (Å²) in [6.45, 7) is 0. The summed E-state index contributed by atoms with van der Waals surface area (Å²) in [4.78, 5) is 0. The van der Waals surface area contributed by atoms with Crippen molar-refractivity contribution in [3.8, 4) is 0 Å². The van der Waals surface area contributed by atoms with Crippen LogP contribution in [-0.2, 0) is 0 Å². The molecule has 0 aliphatic heterocycles. The lowest BCUT2D eigenvalue weighted by Crippen LogP contribution is -2.02. The van der Waals surface area contributed by atoms with Gasteiger partial charge in [-0.3, -0.25) is 0 Å². The van der Waals surface area contributed by atoms with Gasteiger partial charge < -0.3 is 0 Å². The largest absolute Gasteiger partial charge is 0.140 e. The van der Waals surface area contributed by atoms with Crippen LogP contribution in [0.5, 0.6) is 0 Å². The van der Waals surface area contributed by atoms with E-state index >= 15 is 0 Å². The van der Waals surface area contributed by atoms with E-state index in [2.05, 4.69) is 74.6 Å². The van der Waals surface area contributed by atoms with Gasteiger partial charge in [-0.25, -0.2) is 0 Å². The van der Waals surface area contributed by atoms with E-state index in [-0.39, 0.29) is 0 Å². The second kappa shape index (κ2) is 4.34. The van der Waals surface area contributed by atoms with E-state index in [1.54, 1.807) is 0 Å². The molecule has 0 N–H and O–H groups in total. The second-order valence-corrected chi connectivity index (χ2v) is 6.93. The van der Waals surface area contributed by atoms with Crippen LogP contribution in [0.15, 0.2) is 66.7 Å². The molecule has 0 aliphatic rings. The third kappa shape index (κ3) is 1.53. The Balaban J connectivity index is 2.13. The lowest BCUT2D eigenvalue weighted by atomic mass is 9.88. The van der Waals surface area contributed by atoms with Gasteiger partial charge in [0.25, 0.3) is 0 Å². The number of fused-ring (bicyclic) bond motifs is 7. The van der Waals surface area contributed by atoms with Gasteiger partial charge in [0, 0.05) is 20.2 Å². The fraction of sp³-hybridized carbons (Fsp3) is 0. The first-order chi connectivity index (χ1) is 10.8. The van der Waals surface area contributed by atoms with Crippen molar-refractivity contribution in [1.82, 2.24) is 0 Å². The zero-order chi connectivity index (χ0) is 14.7. The smallest absolute Gasteiger partial charge is 0.135 e. The molecule has 1 heterocycles. The Morgan fingerprint density at radius 1 is 0.682 bits per heavy atom. The SMILES string of the molecule is Bc1cc2c(sc3ccc4ccccc4c32)c2ccccc12. The van der Waals surface area contributed by atoms with Crippen molar-refractivity contribution in [2.45, 2.75) is 0 Å². The molecule has 0 atom stereocenters. The number of benzene rings is 4. The predicted molar refractivity (Wildman–Crippen MR) is 103 cm³/mol. The van der Waals surface area contributed by atoms with Crippen molar-refractivity contribution < 1.29 is 0 Å². The summed E-state index contributed by atoms with van der Waals surface area (Å²) < 4.78 is 2.79. The highest BCUT2D eigenvalue weighted by molar-refractivity contribution is 7.27. The highest BCUT2D eigenvalue weighted by Gasteiger charge is 2.12. The summed E-state index contributed by atoms with van der Waals surface area (Å²) in [6.07, 6.45) is 0. The van der Waals surface area contributed by atoms with Gasteiger partial charge in [-0.15, -0.1) is 11.3 Å². The average molecular weight is 296 g/mol. The molecule has 0 aliphatic carbocycles. The molecule has 0 nitrogen and oxygen atoms in total. The summed E-state index contributed by atoms with van der Waals surface area (Å²) in [5.74, 6) is 0. The topological polar surface area (TPSA) is 0 Å². The summed E-state index contributed by atoms with van der Waals surface area (Å²) in [6, 6.07) is 24.3. The van der Waals surface area contributed by atoms with Crippen LogP contribution in [0.3, 0.4) is 0 Å². The van der Waals surface area contributed by atoms with Crippen molar-refractivity contribution in [1.29, 1.82) is 0 Å². The van der Waals surface area contributed by atoms with Crippen molar-refractivity contribution in [3.05, 3.63) is 66.7 Å². The lowest BCUT2D eigenvalue weighted by Gasteiger charge is -2.05. The van der Waals surface area contributed by atoms with Gasteiger partial charge in [0.05, 0.1) is 0 Å². The maximum atomic E-state index is 2.36. The quantitative estimate of drug-likeness (QED) is 0.366. The molecule has 0 spiro atoms. The van der Waals surface area contributed by atoms with Gasteiger partial charge in [-0.05, 0) is 27.6 Å². The standard InChI is InChI=1S/C20H13BS/c21-17-11-16-19-13-6-2-1-5-12(13)9-10-18(19)22-20(16)15-8-4-3-7-14(15)17/h1-11H,21H2. The van der Waals surface area contributed by atoms with Crippen LogP contribution < -0.4 is 5.46 Å². The summed E-state index contributed by atoms with van der Waals surface area (Å²) in [5, 5.41) is 8.23. The molecule has 0 amide bonds. The Kier molecular flexibility index (Phi) is 2.42. The van der Waals surface area contributed by atoms with E-state index in [0.29, 0.717) is 0 Å². The monoisotopic (exact) mass is 296 g/mol. The number of rotatable bonds is 0. The Morgan fingerprint density at radius 2 is 1.41 bits per heavy atom. The molecule has 1 aromatic heterocycles. The van der Waals surface area contributed by atoms with Crippen LogP contribution in [0.25, 0.3) is 41.7 Å². The van der Waals surface area contributed by atoms with Crippen LogP contribution in [-0.4, -0.2) is 7.85 Å². The van der Waals surface area contributed by atoms with E-state index in [1.165, 1.54) is 47.2 Å². The molecule has 5 aromatic rings. The summed E-state index contributed by atoms with van der Waals surface area (Å²) in [5.41, 5.74) is 1.36. The molecule has 22 heavy (non-hydrogen) atoms. The average Bonchev–Trinajstić information content (AvgIpc) is 2.94. The molecule has 5 rings (SSSR count). The van der Waals surface area contributed by atoms with Crippen LogP contribution >= 0.6 is 11.3 Å². The first kappa shape index (κ1) is 12.3. The summed E-state index contributed by atoms with van der Waals surface area (Å²) in [7, 11) is 2.22. The fourth-order valence-electron chi connectivity index (χ4n) is 3.55. The molecule has 102 valence electrons. The fourth-order valence-corrected chi connectivity index (χ4v) is 4.79. The van der Waals surface area contributed by atoms with E-state index in [1.807, 2.05) is 11.3 Å². The number of hydrogen-bond acceptors (Lipinski definition) is 1. The van der Waals surface area contributed by atoms with Crippen LogP contribution in [0, 0.1) is 0 Å². The molecule has 0 radical (unpaired) electrons. The molecule has 0 bridgehead atoms. The first-order valence-corrected chi connectivity index (χ1v) is 8.37. The summed E-state index contributed by atoms with van der Waals surface area (Å²) >= 11 is 1.91. The number of hydrogen-bond donors (Lipinski definition) is 0. The van der Waals surface area contributed by atoms with Crippen molar-refractivity contribution in [2.24, 2.45) is 0 Å². The molecule has 0 fully saturated rings. The van der Waals surface area contributed by atoms with Gasteiger partial charge >= 0.3 is 0 Å². The van der Waals surface area contributed by atoms with Gasteiger partial charge in [0.15, 0.2) is 0 Å². The second-order valence-electron chi connectivity index (χ2n) is 5.88. The maximum Gasteiger partial charge on any atom is 0.140 e. The van der Waals surface area contributed by atoms with Crippen molar-refractivity contribution >= 4 is 66.4 Å². The first-order valence-electron chi connectivity index (χ1n) is 7.55. The predicted octanol–water partition coefficient (Wildman–Crippen LogP) is 4.62. The molecular weight excluding hydrogens is 283 g/mol. The van der Waals surface area contributed by atoms with Gasteiger partial charge in [0.1, 0.15) is 7.85 Å². The Hall–Kier alpha value is -2.32. The Labute approximate surface area is 133 Å². The minimum atomic E-state index is 1.32. The lowest BCUT2D eigenvalue weighted by molar-refractivity contribution is 1.82. The highest BCUT2D eigenvalue weighted by atomic mass is 32.1. The molecule has 2 heteroatoms. The van der Waals surface area contributed by atoms with E-state index in [9.17, 15) is 0 Å². The minimum Gasteiger partial charge on any atom is -0.135 e. The van der Waals surface area contributed by atoms with Crippen LogP contribution in [0.4, 0.5) is 0 Å². The van der Waals surface area contributed by atoms with Gasteiger partial charge in [-0.1, -0.05) is 66.1 Å². The Bertz CT molecular complexity index is 1180. The third-order valence-electron chi connectivity index (χ3n) is 4.57. The molecule has 0 saturated heterocycles. The number of thiophene rings is 1. The van der Waals surface area contributed by atoms with Gasteiger partial charge in [-0.2, -0.15) is 0 Å². The van der Waals surface area contributed by atoms with Crippen LogP contribution in [0.2, 0.25) is 0 Å². The zero-order valence-corrected chi connectivity index (χ0v) is 13.1. The molecule has 0 saturated carbocycles. The third-order valence-corrected chi connectivity index (χ3v) is 5.78. The molecule has 4 aromatic carbocycles. The molecule has 0 unspecified atom stereocenters. The Morgan fingerprint density at radius 3 is 2.27 bits per heavy atom. The van der Waals surface area contributed by atoms with E-state index in [4.69, 9.17) is 0 Å². The molecular formula is C20H13BS. The van der Waals surface area contributed by atoms with Crippen molar-refractivity contribution in [3.63, 3.8) is 0 Å². The zero-order valence-electron chi connectivity index (χ0n) is 12.3. The maximum absolute atomic E-state index is 2.36. The normalized spacial score (nSPS) is 11.8. The van der Waals surface area contributed by atoms with Crippen LogP contribution in [0.1, 0.15) is 0 Å². The minimum absolute atomic E-state index is 1.32. The van der Waals surface area contributed by atoms with Gasteiger partial charge in [0.2, 0.25) is 0 Å². The van der Waals surface area contributed by atoms with E-state index in [0.717, 1.165) is 0 Å². The van der Waals surface area contributed by atoms with E-state index < -0.39 is 0 Å². The highest BCUT2D eigenvalue weighted by Crippen LogP contribution is 2.40.